The highest BCUT2D eigenvalue weighted by molar-refractivity contribution is 8.76. The molecule has 24 heavy (non-hydrogen) atoms. The Bertz CT molecular complexity index is 422. The monoisotopic (exact) mass is 378 g/mol. The molecule has 10 heteroatoms. The number of carbonyl (C=O) groups is 4. The van der Waals surface area contributed by atoms with E-state index in [0.29, 0.717) is 31.7 Å². The van der Waals surface area contributed by atoms with Crippen LogP contribution in [0.4, 0.5) is 9.59 Å². The van der Waals surface area contributed by atoms with Crippen molar-refractivity contribution >= 4 is 45.5 Å². The molecular formula is C14H26N4O4S2. The van der Waals surface area contributed by atoms with E-state index >= 15 is 0 Å². The Labute approximate surface area is 150 Å². The number of unbranched alkanes of at least 4 members (excludes halogenated alkanes) is 1. The lowest BCUT2D eigenvalue weighted by Crippen LogP contribution is -2.40. The van der Waals surface area contributed by atoms with Crippen molar-refractivity contribution in [1.82, 2.24) is 21.3 Å². The van der Waals surface area contributed by atoms with Gasteiger partial charge in [-0.15, -0.1) is 0 Å². The first-order chi connectivity index (χ1) is 11.5. The zero-order chi connectivity index (χ0) is 18.2. The summed E-state index contributed by atoms with van der Waals surface area (Å²) in [6, 6.07) is -0.991. The van der Waals surface area contributed by atoms with Crippen LogP contribution in [0.15, 0.2) is 0 Å². The molecular weight excluding hydrogens is 352 g/mol. The van der Waals surface area contributed by atoms with Gasteiger partial charge in [-0.1, -0.05) is 41.9 Å². The summed E-state index contributed by atoms with van der Waals surface area (Å²) in [6.07, 6.45) is 2.85. The molecule has 6 amide bonds. The summed E-state index contributed by atoms with van der Waals surface area (Å²) in [6.45, 7) is 4.80. The summed E-state index contributed by atoms with van der Waals surface area (Å²) in [5.74, 6) is 0.0616. The average molecular weight is 379 g/mol. The second kappa shape index (κ2) is 15.1. The molecule has 0 heterocycles. The molecule has 0 fully saturated rings. The molecule has 0 aromatic heterocycles. The van der Waals surface area contributed by atoms with Crippen molar-refractivity contribution in [2.75, 3.05) is 24.6 Å². The van der Waals surface area contributed by atoms with Crippen LogP contribution in [-0.4, -0.2) is 48.5 Å². The van der Waals surface area contributed by atoms with Crippen LogP contribution in [0.25, 0.3) is 0 Å². The zero-order valence-electron chi connectivity index (χ0n) is 14.1. The van der Waals surface area contributed by atoms with Gasteiger partial charge >= 0.3 is 12.1 Å². The molecule has 0 aromatic carbocycles. The number of hydrogen-bond acceptors (Lipinski definition) is 6. The molecule has 0 aliphatic heterocycles. The summed E-state index contributed by atoms with van der Waals surface area (Å²) >= 11 is 0. The van der Waals surface area contributed by atoms with Crippen molar-refractivity contribution in [3.8, 4) is 0 Å². The molecule has 4 N–H and O–H groups in total. The molecule has 8 nitrogen and oxygen atoms in total. The fourth-order valence-corrected chi connectivity index (χ4v) is 3.15. The minimum Gasteiger partial charge on any atom is -0.338 e. The van der Waals surface area contributed by atoms with Gasteiger partial charge in [-0.2, -0.15) is 0 Å². The number of imide groups is 2. The Hall–Kier alpha value is -1.42. The van der Waals surface area contributed by atoms with Gasteiger partial charge in [0.25, 0.3) is 0 Å². The number of nitrogens with one attached hydrogen (secondary N) is 4. The first kappa shape index (κ1) is 22.6. The number of amides is 6. The number of carbonyl (C=O) groups excluding carboxylic acids is 4. The maximum Gasteiger partial charge on any atom is 0.321 e. The van der Waals surface area contributed by atoms with Gasteiger partial charge in [0.2, 0.25) is 11.8 Å². The molecule has 138 valence electrons. The van der Waals surface area contributed by atoms with Crippen LogP contribution in [0.3, 0.4) is 0 Å². The molecule has 0 unspecified atom stereocenters. The second-order valence-electron chi connectivity index (χ2n) is 4.80. The van der Waals surface area contributed by atoms with Crippen LogP contribution in [0, 0.1) is 0 Å². The number of hydrogen-bond donors (Lipinski definition) is 4. The van der Waals surface area contributed by atoms with E-state index in [1.54, 1.807) is 0 Å². The summed E-state index contributed by atoms with van der Waals surface area (Å²) in [7, 11) is 2.69. The molecule has 0 saturated carbocycles. The standard InChI is InChI=1S/C14H26N4O4S2/c1-3-5-7-15-13(21)18-12(20)10-24-23-9-8-16-14(22)17-11(19)6-4-2/h3-10H2,1-2H3,(H2,15,18,20,21)(H2,16,17,19,22). The molecule has 0 spiro atoms. The molecule has 0 aliphatic rings. The van der Waals surface area contributed by atoms with Crippen LogP contribution in [-0.2, 0) is 9.59 Å². The van der Waals surface area contributed by atoms with Crippen LogP contribution >= 0.6 is 21.6 Å². The molecule has 0 radical (unpaired) electrons. The Balaban J connectivity index is 3.55. The van der Waals surface area contributed by atoms with Gasteiger partial charge in [-0.05, 0) is 12.8 Å². The van der Waals surface area contributed by atoms with E-state index in [1.165, 1.54) is 21.6 Å². The predicted octanol–water partition coefficient (Wildman–Crippen LogP) is 1.62. The van der Waals surface area contributed by atoms with Crippen LogP contribution in [0.2, 0.25) is 0 Å². The van der Waals surface area contributed by atoms with Crippen molar-refractivity contribution in [2.24, 2.45) is 0 Å². The molecule has 0 aliphatic carbocycles. The van der Waals surface area contributed by atoms with Crippen LogP contribution < -0.4 is 21.3 Å². The molecule has 0 rings (SSSR count). The van der Waals surface area contributed by atoms with Gasteiger partial charge in [-0.25, -0.2) is 9.59 Å². The Morgan fingerprint density at radius 2 is 1.42 bits per heavy atom. The Kier molecular flexibility index (Phi) is 14.2. The van der Waals surface area contributed by atoms with E-state index in [2.05, 4.69) is 21.3 Å². The van der Waals surface area contributed by atoms with E-state index in [0.717, 1.165) is 12.8 Å². The summed E-state index contributed by atoms with van der Waals surface area (Å²) in [4.78, 5) is 45.3. The zero-order valence-corrected chi connectivity index (χ0v) is 15.7. The fourth-order valence-electron chi connectivity index (χ4n) is 1.41. The van der Waals surface area contributed by atoms with E-state index in [-0.39, 0.29) is 17.6 Å². The maximum atomic E-state index is 11.5. The lowest BCUT2D eigenvalue weighted by Gasteiger charge is -2.07. The van der Waals surface area contributed by atoms with Crippen molar-refractivity contribution in [1.29, 1.82) is 0 Å². The third-order valence-corrected chi connectivity index (χ3v) is 4.81. The van der Waals surface area contributed by atoms with E-state index in [9.17, 15) is 19.2 Å². The maximum absolute atomic E-state index is 11.5. The average Bonchev–Trinajstić information content (AvgIpc) is 2.51. The lowest BCUT2D eigenvalue weighted by molar-refractivity contribution is -0.120. The highest BCUT2D eigenvalue weighted by Gasteiger charge is 2.08. The summed E-state index contributed by atoms with van der Waals surface area (Å²) in [5, 5.41) is 9.60. The number of urea groups is 2. The molecule has 0 atom stereocenters. The third kappa shape index (κ3) is 14.2. The minimum atomic E-state index is -0.513. The first-order valence-electron chi connectivity index (χ1n) is 7.89. The van der Waals surface area contributed by atoms with Gasteiger partial charge in [0.15, 0.2) is 0 Å². The summed E-state index contributed by atoms with van der Waals surface area (Å²) in [5.41, 5.74) is 0. The highest BCUT2D eigenvalue weighted by atomic mass is 33.1. The van der Waals surface area contributed by atoms with E-state index in [4.69, 9.17) is 0 Å². The summed E-state index contributed by atoms with van der Waals surface area (Å²) < 4.78 is 0. The fraction of sp³-hybridized carbons (Fsp3) is 0.714. The van der Waals surface area contributed by atoms with Crippen LogP contribution in [0.1, 0.15) is 39.5 Å². The largest absolute Gasteiger partial charge is 0.338 e. The Morgan fingerprint density at radius 1 is 0.792 bits per heavy atom. The SMILES string of the molecule is CCCCNC(=O)NC(=O)CSSCCNC(=O)NC(=O)CCC. The van der Waals surface area contributed by atoms with Crippen molar-refractivity contribution < 1.29 is 19.2 Å². The smallest absolute Gasteiger partial charge is 0.321 e. The Morgan fingerprint density at radius 3 is 2.04 bits per heavy atom. The van der Waals surface area contributed by atoms with Gasteiger partial charge in [-0.3, -0.25) is 20.2 Å². The normalized spacial score (nSPS) is 9.92. The van der Waals surface area contributed by atoms with Crippen molar-refractivity contribution in [3.05, 3.63) is 0 Å². The van der Waals surface area contributed by atoms with Gasteiger partial charge in [0, 0.05) is 25.3 Å². The van der Waals surface area contributed by atoms with E-state index in [1.807, 2.05) is 13.8 Å². The van der Waals surface area contributed by atoms with E-state index < -0.39 is 12.1 Å². The first-order valence-corrected chi connectivity index (χ1v) is 10.4. The number of rotatable bonds is 11. The van der Waals surface area contributed by atoms with Crippen molar-refractivity contribution in [2.45, 2.75) is 39.5 Å². The van der Waals surface area contributed by atoms with Crippen LogP contribution in [0.5, 0.6) is 0 Å². The van der Waals surface area contributed by atoms with Gasteiger partial charge in [0.1, 0.15) is 0 Å². The second-order valence-corrected chi connectivity index (χ2v) is 7.38. The predicted molar refractivity (Wildman–Crippen MR) is 97.8 cm³/mol. The molecule has 0 saturated heterocycles. The third-order valence-electron chi connectivity index (χ3n) is 2.54. The van der Waals surface area contributed by atoms with Crippen molar-refractivity contribution in [3.63, 3.8) is 0 Å². The highest BCUT2D eigenvalue weighted by Crippen LogP contribution is 2.19. The van der Waals surface area contributed by atoms with Gasteiger partial charge < -0.3 is 10.6 Å². The molecule has 0 bridgehead atoms. The minimum absolute atomic E-state index is 0.146. The van der Waals surface area contributed by atoms with Gasteiger partial charge in [0.05, 0.1) is 5.75 Å². The lowest BCUT2D eigenvalue weighted by atomic mass is 10.3. The quantitative estimate of drug-likeness (QED) is 0.321. The topological polar surface area (TPSA) is 116 Å². The molecule has 0 aromatic rings.